The fourth-order valence-electron chi connectivity index (χ4n) is 3.24. The summed E-state index contributed by atoms with van der Waals surface area (Å²) in [7, 11) is 4.37. The molecule has 0 spiro atoms. The van der Waals surface area contributed by atoms with Gasteiger partial charge >= 0.3 is 0 Å². The minimum atomic E-state index is 0.247. The van der Waals surface area contributed by atoms with E-state index in [0.717, 1.165) is 22.3 Å². The first-order valence-electron chi connectivity index (χ1n) is 6.82. The number of aromatic nitrogens is 3. The summed E-state index contributed by atoms with van der Waals surface area (Å²) in [5.41, 5.74) is 2.43. The molecule has 0 unspecified atom stereocenters. The molecule has 2 aromatic heterocycles. The van der Waals surface area contributed by atoms with Crippen molar-refractivity contribution in [3.63, 3.8) is 0 Å². The number of rotatable bonds is 3. The predicted molar refractivity (Wildman–Crippen MR) is 79.8 cm³/mol. The highest BCUT2D eigenvalue weighted by Crippen LogP contribution is 2.36. The van der Waals surface area contributed by atoms with E-state index in [4.69, 9.17) is 12.2 Å². The average Bonchev–Trinajstić information content (AvgIpc) is 2.97. The van der Waals surface area contributed by atoms with E-state index >= 15 is 0 Å². The molecule has 0 aromatic carbocycles. The molecule has 2 aromatic rings. The molecule has 0 atom stereocenters. The van der Waals surface area contributed by atoms with Crippen molar-refractivity contribution in [3.05, 3.63) is 23.2 Å². The second-order valence-electron chi connectivity index (χ2n) is 5.73. The topological polar surface area (TPSA) is 36.9 Å². The molecule has 5 heteroatoms. The van der Waals surface area contributed by atoms with E-state index in [2.05, 4.69) is 33.5 Å². The Balaban J connectivity index is 2.05. The largest absolute Gasteiger partial charge is 0.329 e. The number of nitrogens with zero attached hydrogens (tertiary/aromatic N) is 3. The van der Waals surface area contributed by atoms with Gasteiger partial charge in [-0.05, 0) is 45.2 Å². The van der Waals surface area contributed by atoms with Gasteiger partial charge in [0.1, 0.15) is 0 Å². The number of nitrogens with one attached hydrogen (secondary N) is 1. The Bertz CT molecular complexity index is 634. The highest BCUT2D eigenvalue weighted by atomic mass is 32.1. The standard InChI is InChI=1S/C14H20N4S/c1-17(2)14(6-3-4-7-14)10-18-12-5-8-15-9-11(12)16-13(18)19/h5,8-9H,3-4,6-7,10H2,1-2H3,(H,16,19). The highest BCUT2D eigenvalue weighted by Gasteiger charge is 2.36. The van der Waals surface area contributed by atoms with Crippen LogP contribution in [-0.2, 0) is 6.54 Å². The molecule has 3 rings (SSSR count). The van der Waals surface area contributed by atoms with Crippen LogP contribution in [0.3, 0.4) is 0 Å². The molecule has 1 fully saturated rings. The number of aromatic amines is 1. The molecular formula is C14H20N4S. The van der Waals surface area contributed by atoms with Gasteiger partial charge in [-0.15, -0.1) is 0 Å². The Hall–Kier alpha value is -1.20. The normalized spacial score (nSPS) is 18.5. The molecule has 0 bridgehead atoms. The fourth-order valence-corrected chi connectivity index (χ4v) is 3.51. The van der Waals surface area contributed by atoms with Crippen LogP contribution in [0, 0.1) is 4.77 Å². The van der Waals surface area contributed by atoms with E-state index in [-0.39, 0.29) is 5.54 Å². The van der Waals surface area contributed by atoms with E-state index in [9.17, 15) is 0 Å². The molecule has 1 aliphatic carbocycles. The molecule has 2 heterocycles. The molecule has 0 amide bonds. The van der Waals surface area contributed by atoms with Crippen molar-refractivity contribution >= 4 is 23.3 Å². The minimum absolute atomic E-state index is 0.247. The lowest BCUT2D eigenvalue weighted by Crippen LogP contribution is -2.45. The minimum Gasteiger partial charge on any atom is -0.329 e. The number of fused-ring (bicyclic) bond motifs is 1. The van der Waals surface area contributed by atoms with Gasteiger partial charge in [-0.25, -0.2) is 0 Å². The van der Waals surface area contributed by atoms with Gasteiger partial charge in [0.15, 0.2) is 4.77 Å². The second kappa shape index (κ2) is 4.72. The average molecular weight is 276 g/mol. The zero-order valence-corrected chi connectivity index (χ0v) is 12.3. The predicted octanol–water partition coefficient (Wildman–Crippen LogP) is 2.97. The van der Waals surface area contributed by atoms with Crippen molar-refractivity contribution in [2.45, 2.75) is 37.8 Å². The van der Waals surface area contributed by atoms with Crippen molar-refractivity contribution in [1.82, 2.24) is 19.4 Å². The molecule has 1 saturated carbocycles. The summed E-state index contributed by atoms with van der Waals surface area (Å²) in [5.74, 6) is 0. The van der Waals surface area contributed by atoms with E-state index in [1.807, 2.05) is 18.5 Å². The van der Waals surface area contributed by atoms with Crippen LogP contribution in [0.2, 0.25) is 0 Å². The van der Waals surface area contributed by atoms with Crippen molar-refractivity contribution in [2.75, 3.05) is 14.1 Å². The maximum Gasteiger partial charge on any atom is 0.178 e. The maximum absolute atomic E-state index is 5.48. The quantitative estimate of drug-likeness (QED) is 0.876. The first kappa shape index (κ1) is 12.8. The van der Waals surface area contributed by atoms with Gasteiger partial charge in [0.2, 0.25) is 0 Å². The number of hydrogen-bond donors (Lipinski definition) is 1. The number of imidazole rings is 1. The van der Waals surface area contributed by atoms with E-state index in [1.165, 1.54) is 25.7 Å². The SMILES string of the molecule is CN(C)C1(Cn2c(=S)[nH]c3cnccc32)CCCC1. The smallest absolute Gasteiger partial charge is 0.178 e. The first-order chi connectivity index (χ1) is 9.12. The third-order valence-electron chi connectivity index (χ3n) is 4.51. The van der Waals surface area contributed by atoms with E-state index in [0.29, 0.717) is 0 Å². The molecule has 1 N–H and O–H groups in total. The van der Waals surface area contributed by atoms with Gasteiger partial charge < -0.3 is 14.5 Å². The lowest BCUT2D eigenvalue weighted by atomic mass is 9.96. The molecule has 0 saturated heterocycles. The summed E-state index contributed by atoms with van der Waals surface area (Å²) in [6, 6.07) is 2.04. The molecule has 1 aliphatic rings. The van der Waals surface area contributed by atoms with Crippen LogP contribution < -0.4 is 0 Å². The number of hydrogen-bond acceptors (Lipinski definition) is 3. The summed E-state index contributed by atoms with van der Waals surface area (Å²) >= 11 is 5.48. The second-order valence-corrected chi connectivity index (χ2v) is 6.12. The van der Waals surface area contributed by atoms with Crippen LogP contribution in [0.25, 0.3) is 11.0 Å². The first-order valence-corrected chi connectivity index (χ1v) is 7.23. The number of H-pyrrole nitrogens is 1. The van der Waals surface area contributed by atoms with Crippen molar-refractivity contribution in [3.8, 4) is 0 Å². The molecule has 19 heavy (non-hydrogen) atoms. The molecule has 0 aliphatic heterocycles. The molecule has 102 valence electrons. The summed E-state index contributed by atoms with van der Waals surface area (Å²) in [6.45, 7) is 0.961. The zero-order valence-electron chi connectivity index (χ0n) is 11.5. The van der Waals surface area contributed by atoms with Crippen LogP contribution >= 0.6 is 12.2 Å². The third kappa shape index (κ3) is 2.11. The Morgan fingerprint density at radius 3 is 2.84 bits per heavy atom. The molecule has 0 radical (unpaired) electrons. The summed E-state index contributed by atoms with van der Waals surface area (Å²) in [5, 5.41) is 0. The summed E-state index contributed by atoms with van der Waals surface area (Å²) < 4.78 is 3.04. The van der Waals surface area contributed by atoms with E-state index in [1.54, 1.807) is 0 Å². The van der Waals surface area contributed by atoms with Crippen molar-refractivity contribution in [2.24, 2.45) is 0 Å². The Morgan fingerprint density at radius 1 is 1.42 bits per heavy atom. The van der Waals surface area contributed by atoms with Gasteiger partial charge in [0.05, 0.1) is 17.2 Å². The third-order valence-corrected chi connectivity index (χ3v) is 4.83. The van der Waals surface area contributed by atoms with Gasteiger partial charge in [0, 0.05) is 18.3 Å². The highest BCUT2D eigenvalue weighted by molar-refractivity contribution is 7.71. The number of likely N-dealkylation sites (N-methyl/N-ethyl adjacent to an activating group) is 1. The molecule has 4 nitrogen and oxygen atoms in total. The van der Waals surface area contributed by atoms with Gasteiger partial charge in [-0.3, -0.25) is 4.98 Å². The fraction of sp³-hybridized carbons (Fsp3) is 0.571. The Kier molecular flexibility index (Phi) is 3.19. The summed E-state index contributed by atoms with van der Waals surface area (Å²) in [4.78, 5) is 9.78. The van der Waals surface area contributed by atoms with Crippen LogP contribution in [0.1, 0.15) is 25.7 Å². The van der Waals surface area contributed by atoms with Crippen molar-refractivity contribution in [1.29, 1.82) is 0 Å². The van der Waals surface area contributed by atoms with Crippen LogP contribution in [0.5, 0.6) is 0 Å². The van der Waals surface area contributed by atoms with Gasteiger partial charge in [0.25, 0.3) is 0 Å². The lowest BCUT2D eigenvalue weighted by molar-refractivity contribution is 0.135. The zero-order chi connectivity index (χ0) is 13.5. The van der Waals surface area contributed by atoms with E-state index < -0.39 is 0 Å². The van der Waals surface area contributed by atoms with Gasteiger partial charge in [-0.2, -0.15) is 0 Å². The maximum atomic E-state index is 5.48. The molecular weight excluding hydrogens is 256 g/mol. The Morgan fingerprint density at radius 2 is 2.16 bits per heavy atom. The van der Waals surface area contributed by atoms with Crippen LogP contribution in [0.15, 0.2) is 18.5 Å². The number of pyridine rings is 1. The van der Waals surface area contributed by atoms with Crippen LogP contribution in [0.4, 0.5) is 0 Å². The summed E-state index contributed by atoms with van der Waals surface area (Å²) in [6.07, 6.45) is 8.81. The Labute approximate surface area is 118 Å². The lowest BCUT2D eigenvalue weighted by Gasteiger charge is -2.36. The van der Waals surface area contributed by atoms with Crippen LogP contribution in [-0.4, -0.2) is 39.1 Å². The van der Waals surface area contributed by atoms with Gasteiger partial charge in [-0.1, -0.05) is 12.8 Å². The monoisotopic (exact) mass is 276 g/mol. The van der Waals surface area contributed by atoms with Crippen molar-refractivity contribution < 1.29 is 0 Å².